The number of hydrogen-bond donors (Lipinski definition) is 2. The van der Waals surface area contributed by atoms with Gasteiger partial charge in [0, 0.05) is 17.5 Å². The standard InChI is InChI=1S/C10H13NO/c11-7-10(5-6-10)8-3-1-2-4-9(8)12/h1-4,12H,5-7,11H2. The van der Waals surface area contributed by atoms with Gasteiger partial charge in [-0.3, -0.25) is 0 Å². The lowest BCUT2D eigenvalue weighted by molar-refractivity contribution is 0.459. The van der Waals surface area contributed by atoms with Crippen LogP contribution in [-0.2, 0) is 5.41 Å². The largest absolute Gasteiger partial charge is 0.508 e. The van der Waals surface area contributed by atoms with Gasteiger partial charge in [-0.1, -0.05) is 18.2 Å². The predicted octanol–water partition coefficient (Wildman–Crippen LogP) is 1.38. The number of aromatic hydroxyl groups is 1. The zero-order chi connectivity index (χ0) is 8.60. The molecule has 1 aromatic carbocycles. The summed E-state index contributed by atoms with van der Waals surface area (Å²) in [4.78, 5) is 0. The summed E-state index contributed by atoms with van der Waals surface area (Å²) < 4.78 is 0. The lowest BCUT2D eigenvalue weighted by atomic mass is 9.95. The Bertz CT molecular complexity index is 292. The fourth-order valence-corrected chi connectivity index (χ4v) is 1.66. The van der Waals surface area contributed by atoms with Crippen molar-refractivity contribution in [3.63, 3.8) is 0 Å². The Hall–Kier alpha value is -1.02. The molecule has 3 N–H and O–H groups in total. The molecule has 0 amide bonds. The van der Waals surface area contributed by atoms with Gasteiger partial charge in [0.1, 0.15) is 5.75 Å². The highest BCUT2D eigenvalue weighted by atomic mass is 16.3. The van der Waals surface area contributed by atoms with Gasteiger partial charge in [0.25, 0.3) is 0 Å². The summed E-state index contributed by atoms with van der Waals surface area (Å²) in [5, 5.41) is 9.56. The minimum atomic E-state index is 0.103. The molecule has 0 bridgehead atoms. The summed E-state index contributed by atoms with van der Waals surface area (Å²) in [5.41, 5.74) is 6.78. The first-order chi connectivity index (χ1) is 5.78. The summed E-state index contributed by atoms with van der Waals surface area (Å²) in [6.45, 7) is 0.643. The second-order valence-electron chi connectivity index (χ2n) is 3.50. The summed E-state index contributed by atoms with van der Waals surface area (Å²) in [6, 6.07) is 7.48. The second-order valence-corrected chi connectivity index (χ2v) is 3.50. The topological polar surface area (TPSA) is 46.2 Å². The number of phenols is 1. The number of rotatable bonds is 2. The van der Waals surface area contributed by atoms with Gasteiger partial charge in [-0.2, -0.15) is 0 Å². The van der Waals surface area contributed by atoms with E-state index in [4.69, 9.17) is 5.73 Å². The quantitative estimate of drug-likeness (QED) is 0.692. The molecular formula is C10H13NO. The van der Waals surface area contributed by atoms with Crippen molar-refractivity contribution in [3.05, 3.63) is 29.8 Å². The van der Waals surface area contributed by atoms with E-state index in [9.17, 15) is 5.11 Å². The molecule has 1 aliphatic rings. The Morgan fingerprint density at radius 1 is 1.33 bits per heavy atom. The lowest BCUT2D eigenvalue weighted by Crippen LogP contribution is -2.19. The van der Waals surface area contributed by atoms with Crippen LogP contribution in [0.15, 0.2) is 24.3 Å². The Morgan fingerprint density at radius 2 is 2.00 bits per heavy atom. The maximum Gasteiger partial charge on any atom is 0.119 e. The summed E-state index contributed by atoms with van der Waals surface area (Å²) in [5.74, 6) is 0.389. The SMILES string of the molecule is NCC1(c2ccccc2O)CC1. The van der Waals surface area contributed by atoms with E-state index in [1.165, 1.54) is 0 Å². The van der Waals surface area contributed by atoms with Crippen LogP contribution in [0.5, 0.6) is 5.75 Å². The Balaban J connectivity index is 2.40. The average molecular weight is 163 g/mol. The van der Waals surface area contributed by atoms with Gasteiger partial charge in [-0.15, -0.1) is 0 Å². The fourth-order valence-electron chi connectivity index (χ4n) is 1.66. The highest BCUT2D eigenvalue weighted by molar-refractivity contribution is 5.42. The molecule has 0 aromatic heterocycles. The van der Waals surface area contributed by atoms with Crippen molar-refractivity contribution >= 4 is 0 Å². The highest BCUT2D eigenvalue weighted by Gasteiger charge is 2.44. The molecule has 0 saturated heterocycles. The van der Waals surface area contributed by atoms with Crippen LogP contribution in [0.4, 0.5) is 0 Å². The average Bonchev–Trinajstić information content (AvgIpc) is 2.86. The van der Waals surface area contributed by atoms with Crippen molar-refractivity contribution in [2.75, 3.05) is 6.54 Å². The van der Waals surface area contributed by atoms with Gasteiger partial charge in [-0.05, 0) is 18.9 Å². The zero-order valence-electron chi connectivity index (χ0n) is 6.96. The molecule has 0 spiro atoms. The monoisotopic (exact) mass is 163 g/mol. The van der Waals surface area contributed by atoms with Crippen LogP contribution in [-0.4, -0.2) is 11.7 Å². The van der Waals surface area contributed by atoms with E-state index >= 15 is 0 Å². The van der Waals surface area contributed by atoms with Crippen molar-refractivity contribution in [2.24, 2.45) is 5.73 Å². The fraction of sp³-hybridized carbons (Fsp3) is 0.400. The van der Waals surface area contributed by atoms with Crippen molar-refractivity contribution in [3.8, 4) is 5.75 Å². The van der Waals surface area contributed by atoms with Gasteiger partial charge in [0.05, 0.1) is 0 Å². The highest BCUT2D eigenvalue weighted by Crippen LogP contribution is 2.49. The first-order valence-corrected chi connectivity index (χ1v) is 4.27. The predicted molar refractivity (Wildman–Crippen MR) is 48.1 cm³/mol. The van der Waals surface area contributed by atoms with Crippen molar-refractivity contribution in [1.82, 2.24) is 0 Å². The van der Waals surface area contributed by atoms with Crippen LogP contribution >= 0.6 is 0 Å². The lowest BCUT2D eigenvalue weighted by Gasteiger charge is -2.13. The van der Waals surface area contributed by atoms with Crippen LogP contribution in [0.25, 0.3) is 0 Å². The molecule has 1 saturated carbocycles. The number of para-hydroxylation sites is 1. The summed E-state index contributed by atoms with van der Waals surface area (Å²) in [7, 11) is 0. The van der Waals surface area contributed by atoms with E-state index in [1.807, 2.05) is 18.2 Å². The van der Waals surface area contributed by atoms with Gasteiger partial charge in [-0.25, -0.2) is 0 Å². The van der Waals surface area contributed by atoms with E-state index in [0.29, 0.717) is 12.3 Å². The summed E-state index contributed by atoms with van der Waals surface area (Å²) >= 11 is 0. The van der Waals surface area contributed by atoms with Gasteiger partial charge >= 0.3 is 0 Å². The second kappa shape index (κ2) is 2.49. The third-order valence-corrected chi connectivity index (χ3v) is 2.72. The molecule has 0 aliphatic heterocycles. The van der Waals surface area contributed by atoms with Crippen LogP contribution in [0.1, 0.15) is 18.4 Å². The van der Waals surface area contributed by atoms with Gasteiger partial charge < -0.3 is 10.8 Å². The molecule has 1 fully saturated rings. The molecule has 0 unspecified atom stereocenters. The zero-order valence-corrected chi connectivity index (χ0v) is 6.96. The first-order valence-electron chi connectivity index (χ1n) is 4.27. The van der Waals surface area contributed by atoms with Crippen molar-refractivity contribution < 1.29 is 5.11 Å². The Morgan fingerprint density at radius 3 is 2.50 bits per heavy atom. The maximum absolute atomic E-state index is 9.56. The number of nitrogens with two attached hydrogens (primary N) is 1. The van der Waals surface area contributed by atoms with E-state index < -0.39 is 0 Å². The van der Waals surface area contributed by atoms with E-state index in [1.54, 1.807) is 6.07 Å². The maximum atomic E-state index is 9.56. The molecule has 2 nitrogen and oxygen atoms in total. The molecule has 2 heteroatoms. The van der Waals surface area contributed by atoms with Crippen molar-refractivity contribution in [2.45, 2.75) is 18.3 Å². The summed E-state index contributed by atoms with van der Waals surface area (Å²) in [6.07, 6.45) is 2.22. The molecule has 0 heterocycles. The van der Waals surface area contributed by atoms with Crippen molar-refractivity contribution in [1.29, 1.82) is 0 Å². The third kappa shape index (κ3) is 0.994. The molecule has 0 radical (unpaired) electrons. The van der Waals surface area contributed by atoms with Crippen LogP contribution in [0.2, 0.25) is 0 Å². The van der Waals surface area contributed by atoms with E-state index in [2.05, 4.69) is 0 Å². The van der Waals surface area contributed by atoms with E-state index in [-0.39, 0.29) is 5.41 Å². The molecule has 2 rings (SSSR count). The molecule has 1 aromatic rings. The minimum absolute atomic E-state index is 0.103. The van der Waals surface area contributed by atoms with Crippen LogP contribution in [0.3, 0.4) is 0 Å². The molecular weight excluding hydrogens is 150 g/mol. The first kappa shape index (κ1) is 7.62. The molecule has 12 heavy (non-hydrogen) atoms. The van der Waals surface area contributed by atoms with Gasteiger partial charge in [0.15, 0.2) is 0 Å². The smallest absolute Gasteiger partial charge is 0.119 e. The Labute approximate surface area is 72.0 Å². The molecule has 0 atom stereocenters. The van der Waals surface area contributed by atoms with Crippen LogP contribution in [0, 0.1) is 0 Å². The Kier molecular flexibility index (Phi) is 1.58. The van der Waals surface area contributed by atoms with Crippen LogP contribution < -0.4 is 5.73 Å². The normalized spacial score (nSPS) is 19.1. The van der Waals surface area contributed by atoms with E-state index in [0.717, 1.165) is 18.4 Å². The molecule has 1 aliphatic carbocycles. The number of hydrogen-bond acceptors (Lipinski definition) is 2. The molecule has 64 valence electrons. The minimum Gasteiger partial charge on any atom is -0.508 e. The number of phenolic OH excluding ortho intramolecular Hbond substituents is 1. The van der Waals surface area contributed by atoms with Gasteiger partial charge in [0.2, 0.25) is 0 Å². The number of benzene rings is 1. The third-order valence-electron chi connectivity index (χ3n) is 2.72.